The van der Waals surface area contributed by atoms with E-state index in [1.54, 1.807) is 24.3 Å². The molecule has 0 bridgehead atoms. The van der Waals surface area contributed by atoms with Crippen molar-refractivity contribution in [3.8, 4) is 5.75 Å². The smallest absolute Gasteiger partial charge is 0.336 e. The second-order valence-electron chi connectivity index (χ2n) is 4.10. The highest BCUT2D eigenvalue weighted by Gasteiger charge is 2.19. The van der Waals surface area contributed by atoms with Crippen LogP contribution in [0.1, 0.15) is 15.9 Å². The summed E-state index contributed by atoms with van der Waals surface area (Å²) in [5, 5.41) is 20.1. The first kappa shape index (κ1) is 15.0. The Morgan fingerprint density at radius 2 is 1.95 bits per heavy atom. The average Bonchev–Trinajstić information content (AvgIpc) is 2.45. The molecule has 0 radical (unpaired) electrons. The fraction of sp³-hybridized carbons (Fsp3) is 0.0714. The summed E-state index contributed by atoms with van der Waals surface area (Å²) >= 11 is 3.19. The van der Waals surface area contributed by atoms with E-state index in [9.17, 15) is 14.9 Å². The first-order valence-corrected chi connectivity index (χ1v) is 6.67. The van der Waals surface area contributed by atoms with Gasteiger partial charge in [-0.05, 0) is 28.1 Å². The van der Waals surface area contributed by atoms with E-state index in [1.807, 2.05) is 0 Å². The van der Waals surface area contributed by atoms with Crippen molar-refractivity contribution in [1.82, 2.24) is 0 Å². The third-order valence-corrected chi connectivity index (χ3v) is 3.39. The van der Waals surface area contributed by atoms with Gasteiger partial charge in [-0.15, -0.1) is 0 Å². The van der Waals surface area contributed by atoms with Gasteiger partial charge in [-0.25, -0.2) is 4.79 Å². The van der Waals surface area contributed by atoms with Crippen LogP contribution in [0.3, 0.4) is 0 Å². The summed E-state index contributed by atoms with van der Waals surface area (Å²) in [4.78, 5) is 21.5. The minimum atomic E-state index is -1.07. The van der Waals surface area contributed by atoms with Crippen molar-refractivity contribution < 1.29 is 19.6 Å². The molecule has 0 aliphatic heterocycles. The van der Waals surface area contributed by atoms with E-state index in [1.165, 1.54) is 18.2 Å². The Balaban J connectivity index is 2.29. The van der Waals surface area contributed by atoms with Gasteiger partial charge in [-0.1, -0.05) is 24.3 Å². The van der Waals surface area contributed by atoms with Crippen molar-refractivity contribution >= 4 is 27.6 Å². The standard InChI is InChI=1S/C14H10BrNO5/c15-11-6-3-7-12(16(19)20)13(11)21-8-9-4-1-2-5-10(9)14(17)18/h1-7H,8H2,(H,17,18). The van der Waals surface area contributed by atoms with Crippen LogP contribution in [0, 0.1) is 10.1 Å². The Bertz CT molecular complexity index is 702. The average molecular weight is 352 g/mol. The van der Waals surface area contributed by atoms with Crippen LogP contribution in [0.25, 0.3) is 0 Å². The lowest BCUT2D eigenvalue weighted by atomic mass is 10.1. The molecule has 0 amide bonds. The normalized spacial score (nSPS) is 10.1. The Hall–Kier alpha value is -2.41. The second-order valence-corrected chi connectivity index (χ2v) is 4.95. The Morgan fingerprint density at radius 1 is 1.24 bits per heavy atom. The lowest BCUT2D eigenvalue weighted by molar-refractivity contribution is -0.386. The van der Waals surface area contributed by atoms with Gasteiger partial charge in [0.1, 0.15) is 6.61 Å². The van der Waals surface area contributed by atoms with E-state index in [0.717, 1.165) is 0 Å². The van der Waals surface area contributed by atoms with E-state index in [4.69, 9.17) is 9.84 Å². The van der Waals surface area contributed by atoms with E-state index < -0.39 is 10.9 Å². The molecule has 108 valence electrons. The van der Waals surface area contributed by atoms with Crippen LogP contribution in [-0.2, 0) is 6.61 Å². The zero-order chi connectivity index (χ0) is 15.4. The maximum absolute atomic E-state index is 11.1. The fourth-order valence-electron chi connectivity index (χ4n) is 1.79. The van der Waals surface area contributed by atoms with Gasteiger partial charge < -0.3 is 9.84 Å². The molecule has 21 heavy (non-hydrogen) atoms. The highest BCUT2D eigenvalue weighted by molar-refractivity contribution is 9.10. The van der Waals surface area contributed by atoms with E-state index >= 15 is 0 Å². The minimum Gasteiger partial charge on any atom is -0.481 e. The van der Waals surface area contributed by atoms with Crippen molar-refractivity contribution in [2.24, 2.45) is 0 Å². The molecule has 6 nitrogen and oxygen atoms in total. The highest BCUT2D eigenvalue weighted by Crippen LogP contribution is 2.35. The van der Waals surface area contributed by atoms with Gasteiger partial charge in [0.2, 0.25) is 5.75 Å². The lowest BCUT2D eigenvalue weighted by Crippen LogP contribution is -2.06. The molecule has 0 spiro atoms. The number of benzene rings is 2. The van der Waals surface area contributed by atoms with Crippen LogP contribution < -0.4 is 4.74 Å². The molecule has 0 heterocycles. The lowest BCUT2D eigenvalue weighted by Gasteiger charge is -2.10. The van der Waals surface area contributed by atoms with Gasteiger partial charge in [0.25, 0.3) is 0 Å². The molecular weight excluding hydrogens is 342 g/mol. The zero-order valence-corrected chi connectivity index (χ0v) is 12.2. The predicted octanol–water partition coefficient (Wildman–Crippen LogP) is 3.63. The number of ether oxygens (including phenoxy) is 1. The molecule has 0 atom stereocenters. The van der Waals surface area contributed by atoms with Gasteiger partial charge in [0.05, 0.1) is 15.0 Å². The van der Waals surface area contributed by atoms with Crippen molar-refractivity contribution in [3.05, 3.63) is 68.2 Å². The summed E-state index contributed by atoms with van der Waals surface area (Å²) in [7, 11) is 0. The number of halogens is 1. The summed E-state index contributed by atoms with van der Waals surface area (Å²) in [6, 6.07) is 10.8. The Morgan fingerprint density at radius 3 is 2.62 bits per heavy atom. The van der Waals surface area contributed by atoms with Gasteiger partial charge in [-0.2, -0.15) is 0 Å². The SMILES string of the molecule is O=C(O)c1ccccc1COc1c(Br)cccc1[N+](=O)[O-]. The second kappa shape index (κ2) is 6.36. The monoisotopic (exact) mass is 351 g/mol. The van der Waals surface area contributed by atoms with Gasteiger partial charge in [0.15, 0.2) is 0 Å². The number of hydrogen-bond acceptors (Lipinski definition) is 4. The first-order chi connectivity index (χ1) is 10.0. The van der Waals surface area contributed by atoms with Crippen molar-refractivity contribution in [1.29, 1.82) is 0 Å². The molecule has 0 aromatic heterocycles. The molecule has 0 aliphatic carbocycles. The molecule has 1 N–H and O–H groups in total. The molecule has 2 rings (SSSR count). The topological polar surface area (TPSA) is 89.7 Å². The number of carbonyl (C=O) groups is 1. The molecule has 0 aliphatic rings. The fourth-order valence-corrected chi connectivity index (χ4v) is 2.26. The van der Waals surface area contributed by atoms with Gasteiger partial charge >= 0.3 is 11.7 Å². The van der Waals surface area contributed by atoms with E-state index in [2.05, 4.69) is 15.9 Å². The van der Waals surface area contributed by atoms with Crippen LogP contribution in [0.2, 0.25) is 0 Å². The van der Waals surface area contributed by atoms with Crippen LogP contribution in [0.4, 0.5) is 5.69 Å². The molecule has 0 unspecified atom stereocenters. The number of carboxylic acid groups (broad SMARTS) is 1. The number of rotatable bonds is 5. The minimum absolute atomic E-state index is 0.0719. The van der Waals surface area contributed by atoms with E-state index in [0.29, 0.717) is 10.0 Å². The summed E-state index contributed by atoms with van der Waals surface area (Å²) < 4.78 is 5.89. The van der Waals surface area contributed by atoms with E-state index in [-0.39, 0.29) is 23.6 Å². The molecule has 7 heteroatoms. The highest BCUT2D eigenvalue weighted by atomic mass is 79.9. The molecule has 2 aromatic rings. The maximum atomic E-state index is 11.1. The third kappa shape index (κ3) is 3.38. The quantitative estimate of drug-likeness (QED) is 0.656. The summed E-state index contributed by atoms with van der Waals surface area (Å²) in [6.45, 7) is -0.0775. The first-order valence-electron chi connectivity index (χ1n) is 5.87. The number of nitrogens with zero attached hydrogens (tertiary/aromatic N) is 1. The summed E-state index contributed by atoms with van der Waals surface area (Å²) in [5.74, 6) is -1.00. The number of para-hydroxylation sites is 1. The third-order valence-electron chi connectivity index (χ3n) is 2.76. The van der Waals surface area contributed by atoms with Crippen LogP contribution >= 0.6 is 15.9 Å². The Labute approximate surface area is 128 Å². The van der Waals surface area contributed by atoms with Crippen LogP contribution in [0.5, 0.6) is 5.75 Å². The number of aromatic carboxylic acids is 1. The van der Waals surface area contributed by atoms with Crippen molar-refractivity contribution in [3.63, 3.8) is 0 Å². The number of nitro groups is 1. The Kier molecular flexibility index (Phi) is 4.54. The van der Waals surface area contributed by atoms with Crippen LogP contribution in [-0.4, -0.2) is 16.0 Å². The number of carboxylic acids is 1. The molecular formula is C14H10BrNO5. The number of nitro benzene ring substituents is 1. The largest absolute Gasteiger partial charge is 0.481 e. The number of hydrogen-bond donors (Lipinski definition) is 1. The maximum Gasteiger partial charge on any atom is 0.336 e. The molecule has 0 saturated carbocycles. The van der Waals surface area contributed by atoms with Crippen molar-refractivity contribution in [2.45, 2.75) is 6.61 Å². The summed E-state index contributed by atoms with van der Waals surface area (Å²) in [5.41, 5.74) is 0.361. The molecule has 0 saturated heterocycles. The van der Waals surface area contributed by atoms with Crippen LogP contribution in [0.15, 0.2) is 46.9 Å². The summed E-state index contributed by atoms with van der Waals surface area (Å²) in [6.07, 6.45) is 0. The van der Waals surface area contributed by atoms with Gasteiger partial charge in [0, 0.05) is 11.6 Å². The van der Waals surface area contributed by atoms with Gasteiger partial charge in [-0.3, -0.25) is 10.1 Å². The van der Waals surface area contributed by atoms with Crippen molar-refractivity contribution in [2.75, 3.05) is 0 Å². The predicted molar refractivity (Wildman–Crippen MR) is 78.5 cm³/mol. The molecule has 2 aromatic carbocycles. The molecule has 0 fully saturated rings. The zero-order valence-electron chi connectivity index (χ0n) is 10.7.